The fourth-order valence-corrected chi connectivity index (χ4v) is 4.69. The molecule has 0 saturated heterocycles. The predicted octanol–water partition coefficient (Wildman–Crippen LogP) is 8.43. The second-order valence-electron chi connectivity index (χ2n) is 11.3. The van der Waals surface area contributed by atoms with E-state index in [0.717, 1.165) is 23.1 Å². The molecular weight excluding hydrogens is 406 g/mol. The normalized spacial score (nSPS) is 12.9. The Morgan fingerprint density at radius 2 is 1.30 bits per heavy atom. The lowest BCUT2D eigenvalue weighted by molar-refractivity contribution is 0.283. The lowest BCUT2D eigenvalue weighted by Gasteiger charge is -2.35. The molecule has 0 aromatic heterocycles. The van der Waals surface area contributed by atoms with Crippen molar-refractivity contribution in [3.63, 3.8) is 0 Å². The van der Waals surface area contributed by atoms with Crippen molar-refractivity contribution in [1.82, 2.24) is 0 Å². The molecule has 0 bridgehead atoms. The standard InChI is InChI=1S/C29H37N3O/c1-27(2,3)19-28(4,5)21-17-22(29(6,7)20-13-9-8-10-14-20)26(33)25(18-21)32-31-24-16-12-11-15-23(24)30/h8-18,33H,19,30H2,1-7H3. The second-order valence-corrected chi connectivity index (χ2v) is 11.3. The largest absolute Gasteiger partial charge is 0.505 e. The van der Waals surface area contributed by atoms with Gasteiger partial charge in [-0.25, -0.2) is 0 Å². The van der Waals surface area contributed by atoms with E-state index in [1.54, 1.807) is 6.07 Å². The smallest absolute Gasteiger partial charge is 0.147 e. The van der Waals surface area contributed by atoms with Crippen LogP contribution in [0.1, 0.15) is 71.6 Å². The fraction of sp³-hybridized carbons (Fsp3) is 0.379. The van der Waals surface area contributed by atoms with Gasteiger partial charge in [-0.05, 0) is 46.6 Å². The van der Waals surface area contributed by atoms with Crippen LogP contribution >= 0.6 is 0 Å². The van der Waals surface area contributed by atoms with E-state index in [-0.39, 0.29) is 16.6 Å². The molecule has 0 aliphatic carbocycles. The zero-order chi connectivity index (χ0) is 24.4. The summed E-state index contributed by atoms with van der Waals surface area (Å²) in [5.74, 6) is 0.150. The van der Waals surface area contributed by atoms with Crippen LogP contribution in [0.5, 0.6) is 5.75 Å². The number of benzene rings is 3. The Hall–Kier alpha value is -3.14. The SMILES string of the molecule is CC(C)(C)CC(C)(C)c1cc(N=Nc2ccccc2N)c(O)c(C(C)(C)c2ccccc2)c1. The Bertz CT molecular complexity index is 1140. The number of aromatic hydroxyl groups is 1. The van der Waals surface area contributed by atoms with Crippen LogP contribution in [0.4, 0.5) is 17.1 Å². The summed E-state index contributed by atoms with van der Waals surface area (Å²) < 4.78 is 0. The highest BCUT2D eigenvalue weighted by Gasteiger charge is 2.33. The molecule has 33 heavy (non-hydrogen) atoms. The van der Waals surface area contributed by atoms with Gasteiger partial charge in [-0.3, -0.25) is 0 Å². The number of phenols is 1. The molecule has 0 spiro atoms. The fourth-order valence-electron chi connectivity index (χ4n) is 4.69. The van der Waals surface area contributed by atoms with Gasteiger partial charge in [0.05, 0.1) is 5.69 Å². The van der Waals surface area contributed by atoms with Crippen molar-refractivity contribution in [2.24, 2.45) is 15.6 Å². The third-order valence-corrected chi connectivity index (χ3v) is 6.21. The number of phenolic OH excluding ortho intramolecular Hbond substituents is 1. The Balaban J connectivity index is 2.20. The number of azo groups is 1. The highest BCUT2D eigenvalue weighted by atomic mass is 16.3. The Kier molecular flexibility index (Phi) is 6.69. The van der Waals surface area contributed by atoms with Crippen LogP contribution in [0.3, 0.4) is 0 Å². The lowest BCUT2D eigenvalue weighted by Crippen LogP contribution is -2.26. The zero-order valence-electron chi connectivity index (χ0n) is 21.0. The number of rotatable bonds is 6. The highest BCUT2D eigenvalue weighted by molar-refractivity contribution is 5.64. The summed E-state index contributed by atoms with van der Waals surface area (Å²) in [6.07, 6.45) is 0.984. The average molecular weight is 444 g/mol. The van der Waals surface area contributed by atoms with Crippen LogP contribution in [-0.4, -0.2) is 5.11 Å². The van der Waals surface area contributed by atoms with Crippen molar-refractivity contribution >= 4 is 17.1 Å². The molecule has 3 aromatic rings. The molecule has 0 radical (unpaired) electrons. The summed E-state index contributed by atoms with van der Waals surface area (Å²) in [5, 5.41) is 20.2. The predicted molar refractivity (Wildman–Crippen MR) is 139 cm³/mol. The van der Waals surface area contributed by atoms with E-state index in [9.17, 15) is 5.11 Å². The van der Waals surface area contributed by atoms with Crippen molar-refractivity contribution in [2.45, 2.75) is 65.7 Å². The number of hydrogen-bond acceptors (Lipinski definition) is 4. The first-order chi connectivity index (χ1) is 15.3. The molecule has 0 fully saturated rings. The molecule has 3 aromatic carbocycles. The van der Waals surface area contributed by atoms with Gasteiger partial charge in [0.15, 0.2) is 0 Å². The monoisotopic (exact) mass is 443 g/mol. The van der Waals surface area contributed by atoms with Gasteiger partial charge in [0.2, 0.25) is 0 Å². The van der Waals surface area contributed by atoms with E-state index in [1.807, 2.05) is 42.5 Å². The van der Waals surface area contributed by atoms with Gasteiger partial charge in [-0.15, -0.1) is 10.2 Å². The molecule has 0 unspecified atom stereocenters. The zero-order valence-corrected chi connectivity index (χ0v) is 21.0. The van der Waals surface area contributed by atoms with Gasteiger partial charge in [-0.2, -0.15) is 0 Å². The third-order valence-electron chi connectivity index (χ3n) is 6.21. The van der Waals surface area contributed by atoms with Crippen LogP contribution in [0.15, 0.2) is 77.0 Å². The Morgan fingerprint density at radius 1 is 0.727 bits per heavy atom. The number of nitrogen functional groups attached to an aromatic ring is 1. The highest BCUT2D eigenvalue weighted by Crippen LogP contribution is 2.46. The number of hydrogen-bond donors (Lipinski definition) is 2. The van der Waals surface area contributed by atoms with Crippen LogP contribution in [0.25, 0.3) is 0 Å². The summed E-state index contributed by atoms with van der Waals surface area (Å²) in [6, 6.07) is 21.7. The molecule has 4 heteroatoms. The van der Waals surface area contributed by atoms with Crippen LogP contribution in [0, 0.1) is 5.41 Å². The van der Waals surface area contributed by atoms with Gasteiger partial charge in [0.25, 0.3) is 0 Å². The molecule has 4 nitrogen and oxygen atoms in total. The van der Waals surface area contributed by atoms with Crippen molar-refractivity contribution < 1.29 is 5.11 Å². The lowest BCUT2D eigenvalue weighted by atomic mass is 9.70. The van der Waals surface area contributed by atoms with Crippen LogP contribution < -0.4 is 5.73 Å². The van der Waals surface area contributed by atoms with Gasteiger partial charge >= 0.3 is 0 Å². The first-order valence-electron chi connectivity index (χ1n) is 11.5. The molecule has 0 aliphatic rings. The van der Waals surface area contributed by atoms with E-state index in [1.165, 1.54) is 0 Å². The summed E-state index contributed by atoms with van der Waals surface area (Å²) in [4.78, 5) is 0. The quantitative estimate of drug-likeness (QED) is 0.296. The van der Waals surface area contributed by atoms with Gasteiger partial charge in [0, 0.05) is 11.0 Å². The molecule has 0 aliphatic heterocycles. The number of para-hydroxylation sites is 1. The van der Waals surface area contributed by atoms with Crippen LogP contribution in [-0.2, 0) is 10.8 Å². The molecule has 0 heterocycles. The molecule has 0 amide bonds. The van der Waals surface area contributed by atoms with E-state index in [4.69, 9.17) is 5.73 Å². The van der Waals surface area contributed by atoms with Crippen molar-refractivity contribution in [1.29, 1.82) is 0 Å². The molecule has 0 saturated carbocycles. The van der Waals surface area contributed by atoms with Crippen molar-refractivity contribution in [3.8, 4) is 5.75 Å². The van der Waals surface area contributed by atoms with E-state index in [2.05, 4.69) is 76.9 Å². The minimum absolute atomic E-state index is 0.122. The van der Waals surface area contributed by atoms with Gasteiger partial charge in [0.1, 0.15) is 17.1 Å². The van der Waals surface area contributed by atoms with Crippen molar-refractivity contribution in [2.75, 3.05) is 5.73 Å². The van der Waals surface area contributed by atoms with E-state index in [0.29, 0.717) is 17.1 Å². The maximum Gasteiger partial charge on any atom is 0.147 e. The molecule has 3 N–H and O–H groups in total. The Morgan fingerprint density at radius 3 is 1.91 bits per heavy atom. The van der Waals surface area contributed by atoms with E-state index >= 15 is 0 Å². The minimum Gasteiger partial charge on any atom is -0.505 e. The van der Waals surface area contributed by atoms with Gasteiger partial charge < -0.3 is 10.8 Å². The second kappa shape index (κ2) is 9.01. The first kappa shape index (κ1) is 24.5. The first-order valence-corrected chi connectivity index (χ1v) is 11.5. The summed E-state index contributed by atoms with van der Waals surface area (Å²) in [6.45, 7) is 15.5. The van der Waals surface area contributed by atoms with Crippen LogP contribution in [0.2, 0.25) is 0 Å². The number of nitrogens with zero attached hydrogens (tertiary/aromatic N) is 2. The molecule has 3 rings (SSSR count). The summed E-state index contributed by atoms with van der Waals surface area (Å²) in [7, 11) is 0. The summed E-state index contributed by atoms with van der Waals surface area (Å²) >= 11 is 0. The average Bonchev–Trinajstić information content (AvgIpc) is 2.72. The molecule has 174 valence electrons. The maximum atomic E-state index is 11.4. The van der Waals surface area contributed by atoms with Gasteiger partial charge in [-0.1, -0.05) is 97.0 Å². The molecule has 0 atom stereocenters. The van der Waals surface area contributed by atoms with E-state index < -0.39 is 5.41 Å². The summed E-state index contributed by atoms with van der Waals surface area (Å²) in [5.41, 5.74) is 10.3. The van der Waals surface area contributed by atoms with Crippen molar-refractivity contribution in [3.05, 3.63) is 83.4 Å². The molecular formula is C29H37N3O. The number of anilines is 1. The third kappa shape index (κ3) is 5.62. The topological polar surface area (TPSA) is 71.0 Å². The Labute approximate surface area is 198 Å². The maximum absolute atomic E-state index is 11.4. The minimum atomic E-state index is -0.421. The number of nitrogens with two attached hydrogens (primary N) is 1.